The molecular weight excluding hydrogens is 673 g/mol. The Labute approximate surface area is 191 Å². The van der Waals surface area contributed by atoms with Gasteiger partial charge in [0.25, 0.3) is 0 Å². The van der Waals surface area contributed by atoms with Crippen LogP contribution in [0.3, 0.4) is 0 Å². The summed E-state index contributed by atoms with van der Waals surface area (Å²) in [6.45, 7) is 0. The van der Waals surface area contributed by atoms with Gasteiger partial charge in [-0.3, -0.25) is 0 Å². The van der Waals surface area contributed by atoms with Crippen molar-refractivity contribution in [1.82, 2.24) is 0 Å². The summed E-state index contributed by atoms with van der Waals surface area (Å²) in [5.41, 5.74) is 0. The Balaban J connectivity index is 7.15. The molecule has 0 amide bonds. The molecular formula is C10Cl3F21Ti. The third-order valence-corrected chi connectivity index (χ3v) is 8.40. The molecule has 0 radical (unpaired) electrons. The third kappa shape index (κ3) is 4.33. The molecule has 25 heteroatoms. The van der Waals surface area contributed by atoms with Gasteiger partial charge in [0, 0.05) is 0 Å². The van der Waals surface area contributed by atoms with Gasteiger partial charge >= 0.3 is 191 Å². The summed E-state index contributed by atoms with van der Waals surface area (Å²) in [4.78, 5) is 0. The molecule has 0 aliphatic rings. The van der Waals surface area contributed by atoms with Gasteiger partial charge in [0.1, 0.15) is 0 Å². The maximum atomic E-state index is 13.4. The van der Waals surface area contributed by atoms with E-state index in [2.05, 4.69) is 27.9 Å². The van der Waals surface area contributed by atoms with Crippen LogP contribution in [0.15, 0.2) is 0 Å². The molecule has 0 rings (SSSR count). The first-order valence-electron chi connectivity index (χ1n) is 7.04. The molecule has 0 aliphatic carbocycles. The van der Waals surface area contributed by atoms with Gasteiger partial charge in [0.15, 0.2) is 0 Å². The normalized spacial score (nSPS) is 17.1. The Hall–Kier alpha value is 0.114. The van der Waals surface area contributed by atoms with Gasteiger partial charge < -0.3 is 0 Å². The van der Waals surface area contributed by atoms with E-state index in [0.717, 1.165) is 0 Å². The van der Waals surface area contributed by atoms with Crippen molar-refractivity contribution in [2.45, 2.75) is 57.8 Å². The monoisotopic (exact) mass is 672 g/mol. The molecule has 0 spiro atoms. The summed E-state index contributed by atoms with van der Waals surface area (Å²) in [6.07, 6.45) is -8.02. The SMILES string of the molecule is FC(F)(F)C(F)(F)C(F)(F)C(F)(F)C(F)(F)C(F)(F)C(F)(F)C(F)(F)C(F)(F)[C](F)(F)[Ti]([Cl])([Cl])[Cl]. The van der Waals surface area contributed by atoms with Crippen molar-refractivity contribution in [3.05, 3.63) is 0 Å². The van der Waals surface area contributed by atoms with Crippen LogP contribution in [-0.4, -0.2) is 57.8 Å². The van der Waals surface area contributed by atoms with Crippen molar-refractivity contribution in [3.63, 3.8) is 0 Å². The van der Waals surface area contributed by atoms with Crippen LogP contribution in [0.2, 0.25) is 0 Å². The molecule has 0 aromatic carbocycles. The van der Waals surface area contributed by atoms with E-state index >= 15 is 0 Å². The van der Waals surface area contributed by atoms with E-state index in [4.69, 9.17) is 0 Å². The molecule has 0 saturated heterocycles. The molecule has 0 N–H and O–H groups in total. The van der Waals surface area contributed by atoms with Crippen LogP contribution in [0.4, 0.5) is 92.2 Å². The van der Waals surface area contributed by atoms with Crippen LogP contribution < -0.4 is 0 Å². The molecule has 0 fully saturated rings. The Morgan fingerprint density at radius 2 is 0.457 bits per heavy atom. The number of rotatable bonds is 9. The molecule has 0 saturated carbocycles. The molecule has 0 nitrogen and oxygen atoms in total. The first-order chi connectivity index (χ1) is 14.5. The van der Waals surface area contributed by atoms with Crippen molar-refractivity contribution >= 4 is 27.9 Å². The Bertz CT molecular complexity index is 728. The number of hydrogen-bond donors (Lipinski definition) is 0. The van der Waals surface area contributed by atoms with Gasteiger partial charge in [-0.15, -0.1) is 0 Å². The van der Waals surface area contributed by atoms with E-state index in [0.29, 0.717) is 0 Å². The molecule has 0 bridgehead atoms. The average molecular weight is 673 g/mol. The van der Waals surface area contributed by atoms with Gasteiger partial charge in [0.05, 0.1) is 0 Å². The topological polar surface area (TPSA) is 0 Å². The predicted molar refractivity (Wildman–Crippen MR) is 68.1 cm³/mol. The second kappa shape index (κ2) is 8.56. The van der Waals surface area contributed by atoms with Crippen molar-refractivity contribution in [2.24, 2.45) is 0 Å². The molecule has 0 aromatic rings. The van der Waals surface area contributed by atoms with Gasteiger partial charge in [-0.2, -0.15) is 0 Å². The number of halogens is 24. The molecule has 0 unspecified atom stereocenters. The Kier molecular flexibility index (Phi) is 8.59. The second-order valence-corrected chi connectivity index (χ2v) is 18.1. The van der Waals surface area contributed by atoms with E-state index < -0.39 is 71.2 Å². The summed E-state index contributed by atoms with van der Waals surface area (Å²) in [6, 6.07) is 0. The quantitative estimate of drug-likeness (QED) is 0.170. The van der Waals surface area contributed by atoms with Gasteiger partial charge in [-0.05, 0) is 0 Å². The fourth-order valence-corrected chi connectivity index (χ4v) is 4.01. The predicted octanol–water partition coefficient (Wildman–Crippen LogP) is 8.84. The fourth-order valence-electron chi connectivity index (χ4n) is 1.74. The minimum absolute atomic E-state index is 4.26. The second-order valence-electron chi connectivity index (χ2n) is 6.17. The standard InChI is InChI=1S/C10F21.3ClH.Ti/c11-1(12)2(13,14)3(15,16)4(17,18)5(19,20)6(21,22)7(23,24)8(25,26)9(27,28)10(29,30)31;;;;/h;3*1H;/q;;;;+3/p-3. The Morgan fingerprint density at radius 1 is 0.286 bits per heavy atom. The molecule has 0 aromatic heterocycles. The molecule has 0 atom stereocenters. The van der Waals surface area contributed by atoms with Crippen LogP contribution in [0.1, 0.15) is 0 Å². The van der Waals surface area contributed by atoms with Gasteiger partial charge in [0.2, 0.25) is 0 Å². The summed E-state index contributed by atoms with van der Waals surface area (Å²) in [5, 5.41) is 0. The maximum absolute atomic E-state index is 13.4. The van der Waals surface area contributed by atoms with Crippen LogP contribution in [0.5, 0.6) is 0 Å². The van der Waals surface area contributed by atoms with Crippen LogP contribution in [0, 0.1) is 0 Å². The first-order valence-corrected chi connectivity index (χ1v) is 14.3. The Morgan fingerprint density at radius 3 is 0.629 bits per heavy atom. The summed E-state index contributed by atoms with van der Waals surface area (Å²) >= 11 is -7.40. The van der Waals surface area contributed by atoms with Crippen molar-refractivity contribution in [3.8, 4) is 0 Å². The van der Waals surface area contributed by atoms with Crippen molar-refractivity contribution in [1.29, 1.82) is 0 Å². The summed E-state index contributed by atoms with van der Waals surface area (Å²) in [5.74, 6) is -70.9. The molecule has 212 valence electrons. The van der Waals surface area contributed by atoms with Crippen molar-refractivity contribution < 1.29 is 106 Å². The van der Waals surface area contributed by atoms with Crippen molar-refractivity contribution in [2.75, 3.05) is 0 Å². The fraction of sp³-hybridized carbons (Fsp3) is 1.00. The minimum atomic E-state index is -9.22. The number of hydrogen-bond acceptors (Lipinski definition) is 0. The average Bonchev–Trinajstić information content (AvgIpc) is 2.58. The van der Waals surface area contributed by atoms with Crippen LogP contribution in [0.25, 0.3) is 0 Å². The zero-order valence-corrected chi connectivity index (χ0v) is 18.4. The first kappa shape index (κ1) is 35.1. The van der Waals surface area contributed by atoms with Crippen LogP contribution >= 0.6 is 27.9 Å². The number of alkyl halides is 21. The van der Waals surface area contributed by atoms with E-state index in [1.807, 2.05) is 0 Å². The van der Waals surface area contributed by atoms with E-state index in [1.165, 1.54) is 0 Å². The molecule has 0 aliphatic heterocycles. The zero-order chi connectivity index (χ0) is 29.5. The third-order valence-electron chi connectivity index (χ3n) is 3.87. The molecule has 0 heterocycles. The zero-order valence-electron chi connectivity index (χ0n) is 14.6. The summed E-state index contributed by atoms with van der Waals surface area (Å²) in [7, 11) is 12.8. The summed E-state index contributed by atoms with van der Waals surface area (Å²) < 4.78 is 267. The molecule has 35 heavy (non-hydrogen) atoms. The van der Waals surface area contributed by atoms with Crippen LogP contribution in [-0.2, 0) is 13.4 Å². The van der Waals surface area contributed by atoms with Gasteiger partial charge in [-0.25, -0.2) is 0 Å². The van der Waals surface area contributed by atoms with E-state index in [1.54, 1.807) is 0 Å². The van der Waals surface area contributed by atoms with Gasteiger partial charge in [-0.1, -0.05) is 0 Å². The van der Waals surface area contributed by atoms with E-state index in [-0.39, 0.29) is 0 Å². The van der Waals surface area contributed by atoms with E-state index in [9.17, 15) is 92.2 Å².